The van der Waals surface area contributed by atoms with Gasteiger partial charge >= 0.3 is 0 Å². The van der Waals surface area contributed by atoms with Crippen LogP contribution in [0.3, 0.4) is 0 Å². The van der Waals surface area contributed by atoms with Gasteiger partial charge in [0.05, 0.1) is 12.5 Å². The van der Waals surface area contributed by atoms with E-state index >= 15 is 0 Å². The summed E-state index contributed by atoms with van der Waals surface area (Å²) in [7, 11) is 0. The first-order valence-corrected chi connectivity index (χ1v) is 8.02. The minimum atomic E-state index is 0.125. The van der Waals surface area contributed by atoms with Gasteiger partial charge in [-0.3, -0.25) is 4.79 Å². The van der Waals surface area contributed by atoms with Gasteiger partial charge in [0.25, 0.3) is 0 Å². The van der Waals surface area contributed by atoms with Crippen LogP contribution < -0.4 is 0 Å². The number of nitriles is 1. The molecule has 2 rings (SSSR count). The Morgan fingerprint density at radius 2 is 1.43 bits per heavy atom. The quantitative estimate of drug-likeness (QED) is 0.748. The van der Waals surface area contributed by atoms with Gasteiger partial charge in [0.15, 0.2) is 0 Å². The fraction of sp³-hybridized carbons (Fsp3) is 0.300. The Hall–Kier alpha value is -2.60. The molecular weight excluding hydrogens is 284 g/mol. The maximum absolute atomic E-state index is 12.5. The van der Waals surface area contributed by atoms with E-state index in [1.807, 2.05) is 53.4 Å². The fourth-order valence-corrected chi connectivity index (χ4v) is 2.51. The van der Waals surface area contributed by atoms with Crippen LogP contribution in [0.5, 0.6) is 0 Å². The molecule has 2 aromatic carbocycles. The Balaban J connectivity index is 1.88. The maximum atomic E-state index is 12.5. The second-order valence-corrected chi connectivity index (χ2v) is 5.51. The first-order valence-electron chi connectivity index (χ1n) is 8.02. The van der Waals surface area contributed by atoms with Crippen LogP contribution in [0.1, 0.15) is 24.0 Å². The highest BCUT2D eigenvalue weighted by Gasteiger charge is 2.13. The standard InChI is InChI=1S/C20H22N2O/c21-15-7-16-22(17-14-19-10-5-2-6-11-19)20(23)13-12-18-8-3-1-4-9-18/h1-6,8-11H,7,12-14,16-17H2. The van der Waals surface area contributed by atoms with Gasteiger partial charge in [0.1, 0.15) is 0 Å². The van der Waals surface area contributed by atoms with E-state index in [1.54, 1.807) is 0 Å². The van der Waals surface area contributed by atoms with E-state index in [0.29, 0.717) is 25.9 Å². The minimum Gasteiger partial charge on any atom is -0.341 e. The molecule has 0 aromatic heterocycles. The van der Waals surface area contributed by atoms with Crippen molar-refractivity contribution in [1.82, 2.24) is 4.90 Å². The third kappa shape index (κ3) is 5.96. The van der Waals surface area contributed by atoms with Gasteiger partial charge in [0, 0.05) is 19.5 Å². The SMILES string of the molecule is N#CCCN(CCc1ccccc1)C(=O)CCc1ccccc1. The van der Waals surface area contributed by atoms with Crippen molar-refractivity contribution in [1.29, 1.82) is 5.26 Å². The van der Waals surface area contributed by atoms with Gasteiger partial charge in [-0.05, 0) is 24.0 Å². The molecule has 0 N–H and O–H groups in total. The van der Waals surface area contributed by atoms with E-state index < -0.39 is 0 Å². The van der Waals surface area contributed by atoms with Gasteiger partial charge < -0.3 is 4.90 Å². The summed E-state index contributed by atoms with van der Waals surface area (Å²) in [5.74, 6) is 0.125. The predicted molar refractivity (Wildman–Crippen MR) is 91.7 cm³/mol. The highest BCUT2D eigenvalue weighted by Crippen LogP contribution is 2.07. The average Bonchev–Trinajstić information content (AvgIpc) is 2.61. The number of amides is 1. The first kappa shape index (κ1) is 16.8. The number of hydrogen-bond acceptors (Lipinski definition) is 2. The van der Waals surface area contributed by atoms with E-state index in [4.69, 9.17) is 5.26 Å². The zero-order valence-corrected chi connectivity index (χ0v) is 13.3. The first-order chi connectivity index (χ1) is 11.3. The molecule has 0 unspecified atom stereocenters. The molecule has 23 heavy (non-hydrogen) atoms. The Labute approximate surface area is 138 Å². The van der Waals surface area contributed by atoms with Crippen LogP contribution in [0.4, 0.5) is 0 Å². The summed E-state index contributed by atoms with van der Waals surface area (Å²) in [4.78, 5) is 14.3. The van der Waals surface area contributed by atoms with E-state index in [9.17, 15) is 4.79 Å². The molecule has 0 bridgehead atoms. The van der Waals surface area contributed by atoms with Crippen LogP contribution in [0.25, 0.3) is 0 Å². The molecule has 0 aliphatic carbocycles. The van der Waals surface area contributed by atoms with E-state index in [0.717, 1.165) is 12.8 Å². The summed E-state index contributed by atoms with van der Waals surface area (Å²) in [6.07, 6.45) is 2.44. The molecule has 0 aliphatic heterocycles. The van der Waals surface area contributed by atoms with Crippen molar-refractivity contribution in [3.05, 3.63) is 71.8 Å². The highest BCUT2D eigenvalue weighted by atomic mass is 16.2. The van der Waals surface area contributed by atoms with Crippen LogP contribution in [0.15, 0.2) is 60.7 Å². The van der Waals surface area contributed by atoms with Gasteiger partial charge in [-0.1, -0.05) is 60.7 Å². The van der Waals surface area contributed by atoms with Crippen molar-refractivity contribution in [3.63, 3.8) is 0 Å². The molecule has 0 saturated heterocycles. The third-order valence-corrected chi connectivity index (χ3v) is 3.83. The smallest absolute Gasteiger partial charge is 0.222 e. The zero-order valence-electron chi connectivity index (χ0n) is 13.3. The number of carbonyl (C=O) groups excluding carboxylic acids is 1. The molecule has 3 heteroatoms. The van der Waals surface area contributed by atoms with Gasteiger partial charge in [-0.2, -0.15) is 5.26 Å². The largest absolute Gasteiger partial charge is 0.341 e. The van der Waals surface area contributed by atoms with Crippen LogP contribution in [-0.4, -0.2) is 23.9 Å². The van der Waals surface area contributed by atoms with Crippen LogP contribution in [0, 0.1) is 11.3 Å². The molecule has 3 nitrogen and oxygen atoms in total. The van der Waals surface area contributed by atoms with Gasteiger partial charge in [0.2, 0.25) is 5.91 Å². The monoisotopic (exact) mass is 306 g/mol. The number of hydrogen-bond donors (Lipinski definition) is 0. The Morgan fingerprint density at radius 3 is 2.00 bits per heavy atom. The summed E-state index contributed by atoms with van der Waals surface area (Å²) in [5, 5.41) is 8.80. The van der Waals surface area contributed by atoms with Crippen LogP contribution in [0.2, 0.25) is 0 Å². The van der Waals surface area contributed by atoms with Gasteiger partial charge in [-0.15, -0.1) is 0 Å². The van der Waals surface area contributed by atoms with Crippen molar-refractivity contribution in [2.45, 2.75) is 25.7 Å². The summed E-state index contributed by atoms with van der Waals surface area (Å²) >= 11 is 0. The summed E-state index contributed by atoms with van der Waals surface area (Å²) in [6.45, 7) is 1.18. The lowest BCUT2D eigenvalue weighted by Crippen LogP contribution is -2.34. The Morgan fingerprint density at radius 1 is 0.870 bits per heavy atom. The lowest BCUT2D eigenvalue weighted by Gasteiger charge is -2.22. The van der Waals surface area contributed by atoms with Crippen LogP contribution in [-0.2, 0) is 17.6 Å². The third-order valence-electron chi connectivity index (χ3n) is 3.83. The van der Waals surface area contributed by atoms with Crippen molar-refractivity contribution in [2.24, 2.45) is 0 Å². The lowest BCUT2D eigenvalue weighted by molar-refractivity contribution is -0.131. The average molecular weight is 306 g/mol. The molecule has 0 saturated carbocycles. The van der Waals surface area contributed by atoms with E-state index in [2.05, 4.69) is 18.2 Å². The lowest BCUT2D eigenvalue weighted by atomic mass is 10.1. The highest BCUT2D eigenvalue weighted by molar-refractivity contribution is 5.76. The molecule has 118 valence electrons. The summed E-state index contributed by atoms with van der Waals surface area (Å²) < 4.78 is 0. The summed E-state index contributed by atoms with van der Waals surface area (Å²) in [6, 6.07) is 22.3. The van der Waals surface area contributed by atoms with Crippen molar-refractivity contribution >= 4 is 5.91 Å². The van der Waals surface area contributed by atoms with Gasteiger partial charge in [-0.25, -0.2) is 0 Å². The molecule has 0 atom stereocenters. The molecule has 0 spiro atoms. The fourth-order valence-electron chi connectivity index (χ4n) is 2.51. The van der Waals surface area contributed by atoms with Crippen molar-refractivity contribution in [3.8, 4) is 6.07 Å². The van der Waals surface area contributed by atoms with E-state index in [-0.39, 0.29) is 5.91 Å². The zero-order chi connectivity index (χ0) is 16.3. The molecule has 1 amide bonds. The molecule has 0 aliphatic rings. The second kappa shape index (κ2) is 9.42. The minimum absolute atomic E-state index is 0.125. The Kier molecular flexibility index (Phi) is 6.87. The molecular formula is C20H22N2O. The number of aryl methyl sites for hydroxylation is 1. The molecule has 0 fully saturated rings. The Bertz CT molecular complexity index is 632. The normalized spacial score (nSPS) is 10.0. The number of carbonyl (C=O) groups is 1. The van der Waals surface area contributed by atoms with Crippen LogP contribution >= 0.6 is 0 Å². The van der Waals surface area contributed by atoms with Crippen molar-refractivity contribution < 1.29 is 4.79 Å². The van der Waals surface area contributed by atoms with E-state index in [1.165, 1.54) is 11.1 Å². The maximum Gasteiger partial charge on any atom is 0.222 e. The number of benzene rings is 2. The molecule has 0 radical (unpaired) electrons. The topological polar surface area (TPSA) is 44.1 Å². The molecule has 0 heterocycles. The van der Waals surface area contributed by atoms with Crippen molar-refractivity contribution in [2.75, 3.05) is 13.1 Å². The molecule has 2 aromatic rings. The number of rotatable bonds is 8. The predicted octanol–water partition coefficient (Wildman–Crippen LogP) is 3.60. The number of nitrogens with zero attached hydrogens (tertiary/aromatic N) is 2. The summed E-state index contributed by atoms with van der Waals surface area (Å²) in [5.41, 5.74) is 2.38. The second-order valence-electron chi connectivity index (χ2n) is 5.51.